The third-order valence-corrected chi connectivity index (χ3v) is 3.67. The van der Waals surface area contributed by atoms with Crippen LogP contribution in [0.2, 0.25) is 0 Å². The topological polar surface area (TPSA) is 67.8 Å². The molecular formula is C19H26N4O2. The normalized spacial score (nSPS) is 11.1. The molecule has 1 aromatic heterocycles. The summed E-state index contributed by atoms with van der Waals surface area (Å²) in [5.41, 5.74) is 2.12. The van der Waals surface area contributed by atoms with E-state index in [1.165, 1.54) is 5.56 Å². The number of rotatable bonds is 8. The van der Waals surface area contributed by atoms with E-state index in [0.717, 1.165) is 36.8 Å². The van der Waals surface area contributed by atoms with Crippen molar-refractivity contribution >= 4 is 5.96 Å². The summed E-state index contributed by atoms with van der Waals surface area (Å²) in [6.07, 6.45) is 2.56. The summed E-state index contributed by atoms with van der Waals surface area (Å²) < 4.78 is 10.7. The monoisotopic (exact) mass is 342 g/mol. The number of guanidine groups is 1. The smallest absolute Gasteiger partial charge is 0.218 e. The number of aromatic nitrogens is 1. The first-order chi connectivity index (χ1) is 12.3. The maximum absolute atomic E-state index is 5.39. The lowest BCUT2D eigenvalue weighted by atomic mass is 10.1. The van der Waals surface area contributed by atoms with E-state index in [1.54, 1.807) is 20.4 Å². The number of methoxy groups -OCH3 is 2. The summed E-state index contributed by atoms with van der Waals surface area (Å²) in [5.74, 6) is 2.28. The Morgan fingerprint density at radius 2 is 1.84 bits per heavy atom. The van der Waals surface area contributed by atoms with Crippen molar-refractivity contribution in [1.29, 1.82) is 0 Å². The molecule has 0 aliphatic heterocycles. The fraction of sp³-hybridized carbons (Fsp3) is 0.368. The quantitative estimate of drug-likeness (QED) is 0.569. The highest BCUT2D eigenvalue weighted by Crippen LogP contribution is 2.17. The summed E-state index contributed by atoms with van der Waals surface area (Å²) in [5, 5.41) is 6.60. The Morgan fingerprint density at radius 1 is 1.04 bits per heavy atom. The molecule has 1 heterocycles. The minimum absolute atomic E-state index is 0.501. The Kier molecular flexibility index (Phi) is 7.56. The van der Waals surface area contributed by atoms with Crippen molar-refractivity contribution in [2.45, 2.75) is 19.9 Å². The molecule has 0 amide bonds. The van der Waals surface area contributed by atoms with Crippen molar-refractivity contribution in [3.63, 3.8) is 0 Å². The van der Waals surface area contributed by atoms with E-state index in [2.05, 4.69) is 26.7 Å². The van der Waals surface area contributed by atoms with Crippen molar-refractivity contribution in [1.82, 2.24) is 15.6 Å². The molecule has 0 saturated heterocycles. The molecule has 25 heavy (non-hydrogen) atoms. The average molecular weight is 342 g/mol. The maximum Gasteiger partial charge on any atom is 0.218 e. The molecule has 0 saturated carbocycles. The minimum atomic E-state index is 0.501. The van der Waals surface area contributed by atoms with Crippen molar-refractivity contribution < 1.29 is 9.47 Å². The zero-order chi connectivity index (χ0) is 17.9. The Bertz CT molecular complexity index is 689. The van der Waals surface area contributed by atoms with Gasteiger partial charge in [0.25, 0.3) is 0 Å². The van der Waals surface area contributed by atoms with Crippen LogP contribution in [0.1, 0.15) is 18.1 Å². The standard InChI is InChI=1S/C19H26N4O2/c1-4-20-19(23-14-16-9-7-12-21-18(16)25-3)22-13-11-15-8-5-6-10-17(15)24-2/h5-10,12H,4,11,13-14H2,1-3H3,(H2,20,22,23). The molecule has 1 aromatic carbocycles. The summed E-state index contributed by atoms with van der Waals surface area (Å²) in [6, 6.07) is 11.9. The number of hydrogen-bond acceptors (Lipinski definition) is 4. The van der Waals surface area contributed by atoms with Crippen LogP contribution < -0.4 is 20.1 Å². The van der Waals surface area contributed by atoms with Gasteiger partial charge in [-0.15, -0.1) is 0 Å². The first kappa shape index (κ1) is 18.6. The maximum atomic E-state index is 5.39. The van der Waals surface area contributed by atoms with E-state index in [9.17, 15) is 0 Å². The van der Waals surface area contributed by atoms with Gasteiger partial charge in [0.15, 0.2) is 5.96 Å². The molecule has 0 bridgehead atoms. The van der Waals surface area contributed by atoms with Gasteiger partial charge in [0.05, 0.1) is 20.8 Å². The molecule has 0 aliphatic rings. The zero-order valence-corrected chi connectivity index (χ0v) is 15.1. The van der Waals surface area contributed by atoms with Gasteiger partial charge in [-0.1, -0.05) is 24.3 Å². The predicted molar refractivity (Wildman–Crippen MR) is 100 cm³/mol. The SMILES string of the molecule is CCNC(=NCc1cccnc1OC)NCCc1ccccc1OC. The molecule has 0 fully saturated rings. The third kappa shape index (κ3) is 5.67. The van der Waals surface area contributed by atoms with Gasteiger partial charge in [-0.3, -0.25) is 0 Å². The average Bonchev–Trinajstić information content (AvgIpc) is 2.66. The van der Waals surface area contributed by atoms with Gasteiger partial charge in [-0.25, -0.2) is 9.98 Å². The van der Waals surface area contributed by atoms with E-state index < -0.39 is 0 Å². The first-order valence-electron chi connectivity index (χ1n) is 8.40. The molecule has 2 aromatic rings. The number of nitrogens with zero attached hydrogens (tertiary/aromatic N) is 2. The van der Waals surface area contributed by atoms with Crippen LogP contribution in [0.15, 0.2) is 47.6 Å². The number of benzene rings is 1. The van der Waals surface area contributed by atoms with E-state index in [-0.39, 0.29) is 0 Å². The highest BCUT2D eigenvalue weighted by atomic mass is 16.5. The van der Waals surface area contributed by atoms with Gasteiger partial charge in [0, 0.05) is 24.8 Å². The van der Waals surface area contributed by atoms with Crippen LogP contribution in [0.3, 0.4) is 0 Å². The third-order valence-electron chi connectivity index (χ3n) is 3.67. The molecule has 6 heteroatoms. The Morgan fingerprint density at radius 3 is 2.60 bits per heavy atom. The molecule has 2 N–H and O–H groups in total. The van der Waals surface area contributed by atoms with Gasteiger partial charge >= 0.3 is 0 Å². The second kappa shape index (κ2) is 10.2. The van der Waals surface area contributed by atoms with Crippen LogP contribution >= 0.6 is 0 Å². The summed E-state index contributed by atoms with van der Waals surface area (Å²) in [4.78, 5) is 8.81. The fourth-order valence-electron chi connectivity index (χ4n) is 2.46. The molecule has 0 aliphatic carbocycles. The molecule has 6 nitrogen and oxygen atoms in total. The summed E-state index contributed by atoms with van der Waals surface area (Å²) in [7, 11) is 3.31. The molecule has 134 valence electrons. The molecule has 2 rings (SSSR count). The number of para-hydroxylation sites is 1. The first-order valence-corrected chi connectivity index (χ1v) is 8.40. The lowest BCUT2D eigenvalue weighted by Gasteiger charge is -2.13. The Balaban J connectivity index is 1.95. The summed E-state index contributed by atoms with van der Waals surface area (Å²) >= 11 is 0. The number of nitrogens with one attached hydrogen (secondary N) is 2. The number of hydrogen-bond donors (Lipinski definition) is 2. The fourth-order valence-corrected chi connectivity index (χ4v) is 2.46. The predicted octanol–water partition coefficient (Wildman–Crippen LogP) is 2.40. The van der Waals surface area contributed by atoms with Crippen molar-refractivity contribution in [2.24, 2.45) is 4.99 Å². The van der Waals surface area contributed by atoms with Crippen molar-refractivity contribution in [3.8, 4) is 11.6 Å². The largest absolute Gasteiger partial charge is 0.496 e. The van der Waals surface area contributed by atoms with Crippen LogP contribution in [-0.4, -0.2) is 38.3 Å². The lowest BCUT2D eigenvalue weighted by molar-refractivity contribution is 0.392. The van der Waals surface area contributed by atoms with Gasteiger partial charge < -0.3 is 20.1 Å². The lowest BCUT2D eigenvalue weighted by Crippen LogP contribution is -2.38. The van der Waals surface area contributed by atoms with Crippen LogP contribution in [-0.2, 0) is 13.0 Å². The van der Waals surface area contributed by atoms with E-state index in [0.29, 0.717) is 12.4 Å². The minimum Gasteiger partial charge on any atom is -0.496 e. The van der Waals surface area contributed by atoms with E-state index >= 15 is 0 Å². The Labute approximate surface area is 149 Å². The second-order valence-electron chi connectivity index (χ2n) is 5.36. The molecular weight excluding hydrogens is 316 g/mol. The highest BCUT2D eigenvalue weighted by molar-refractivity contribution is 5.79. The van der Waals surface area contributed by atoms with E-state index in [1.807, 2.05) is 37.3 Å². The number of ether oxygens (including phenoxy) is 2. The molecule has 0 unspecified atom stereocenters. The van der Waals surface area contributed by atoms with Crippen molar-refractivity contribution in [2.75, 3.05) is 27.3 Å². The Hall–Kier alpha value is -2.76. The second-order valence-corrected chi connectivity index (χ2v) is 5.36. The van der Waals surface area contributed by atoms with Crippen molar-refractivity contribution in [3.05, 3.63) is 53.7 Å². The number of pyridine rings is 1. The van der Waals surface area contributed by atoms with Gasteiger partial charge in [0.2, 0.25) is 5.88 Å². The zero-order valence-electron chi connectivity index (χ0n) is 15.1. The highest BCUT2D eigenvalue weighted by Gasteiger charge is 2.05. The van der Waals surface area contributed by atoms with Crippen LogP contribution in [0.4, 0.5) is 0 Å². The number of aliphatic imine (C=N–C) groups is 1. The van der Waals surface area contributed by atoms with E-state index in [4.69, 9.17) is 9.47 Å². The van der Waals surface area contributed by atoms with Crippen LogP contribution in [0.25, 0.3) is 0 Å². The van der Waals surface area contributed by atoms with Gasteiger partial charge in [-0.05, 0) is 31.0 Å². The summed E-state index contributed by atoms with van der Waals surface area (Å²) in [6.45, 7) is 4.10. The molecule has 0 radical (unpaired) electrons. The van der Waals surface area contributed by atoms with Crippen LogP contribution in [0.5, 0.6) is 11.6 Å². The van der Waals surface area contributed by atoms with Gasteiger partial charge in [0.1, 0.15) is 5.75 Å². The van der Waals surface area contributed by atoms with Gasteiger partial charge in [-0.2, -0.15) is 0 Å². The molecule has 0 spiro atoms. The molecule has 0 atom stereocenters. The van der Waals surface area contributed by atoms with Crippen LogP contribution in [0, 0.1) is 0 Å².